The highest BCUT2D eigenvalue weighted by molar-refractivity contribution is 7.21. The zero-order chi connectivity index (χ0) is 26.2. The zero-order valence-corrected chi connectivity index (χ0v) is 22.0. The molecule has 0 spiro atoms. The Morgan fingerprint density at radius 1 is 0.641 bits per heavy atom. The number of nitrogens with zero attached hydrogens (tertiary/aromatic N) is 2. The summed E-state index contributed by atoms with van der Waals surface area (Å²) in [6, 6.07) is 44.2. The molecule has 0 aliphatic heterocycles. The van der Waals surface area contributed by atoms with Gasteiger partial charge < -0.3 is 5.73 Å². The number of rotatable bonds is 5. The molecule has 7 aromatic rings. The van der Waals surface area contributed by atoms with Crippen LogP contribution in [0.15, 0.2) is 132 Å². The van der Waals surface area contributed by atoms with E-state index < -0.39 is 0 Å². The van der Waals surface area contributed by atoms with Crippen molar-refractivity contribution >= 4 is 54.5 Å². The lowest BCUT2D eigenvalue weighted by Gasteiger charge is -2.15. The molecule has 1 heterocycles. The molecule has 0 amide bonds. The molecule has 0 atom stereocenters. The number of aromatic nitrogens is 1. The van der Waals surface area contributed by atoms with Crippen LogP contribution in [0, 0.1) is 0 Å². The second-order valence-electron chi connectivity index (χ2n) is 9.62. The van der Waals surface area contributed by atoms with Gasteiger partial charge in [-0.3, -0.25) is 4.99 Å². The monoisotopic (exact) mass is 519 g/mol. The Balaban J connectivity index is 1.30. The first-order chi connectivity index (χ1) is 19.2. The maximum Gasteiger partial charge on any atom is 0.124 e. The summed E-state index contributed by atoms with van der Waals surface area (Å²) in [6.07, 6.45) is 0. The normalized spacial score (nSPS) is 11.9. The maximum atomic E-state index is 6.80. The van der Waals surface area contributed by atoms with Crippen LogP contribution >= 0.6 is 11.3 Å². The average molecular weight is 520 g/mol. The number of nitrogen functional groups attached to an aromatic ring is 1. The quantitative estimate of drug-likeness (QED) is 0.182. The molecule has 0 bridgehead atoms. The van der Waals surface area contributed by atoms with Gasteiger partial charge in [0, 0.05) is 27.8 Å². The third-order valence-corrected chi connectivity index (χ3v) is 8.27. The van der Waals surface area contributed by atoms with Crippen molar-refractivity contribution in [3.05, 3.63) is 144 Å². The Kier molecular flexibility index (Phi) is 5.87. The summed E-state index contributed by atoms with van der Waals surface area (Å²) in [4.78, 5) is 10.0. The molecule has 186 valence electrons. The van der Waals surface area contributed by atoms with E-state index in [1.54, 1.807) is 11.3 Å². The van der Waals surface area contributed by atoms with E-state index in [4.69, 9.17) is 15.7 Å². The predicted molar refractivity (Wildman–Crippen MR) is 167 cm³/mol. The van der Waals surface area contributed by atoms with Gasteiger partial charge in [-0.1, -0.05) is 115 Å². The largest absolute Gasteiger partial charge is 0.398 e. The summed E-state index contributed by atoms with van der Waals surface area (Å²) in [6.45, 7) is 0.547. The minimum atomic E-state index is 0.547. The molecule has 7 rings (SSSR count). The van der Waals surface area contributed by atoms with E-state index in [-0.39, 0.29) is 0 Å². The Morgan fingerprint density at radius 2 is 1.33 bits per heavy atom. The predicted octanol–water partition coefficient (Wildman–Crippen LogP) is 8.89. The molecule has 0 aliphatic carbocycles. The van der Waals surface area contributed by atoms with Gasteiger partial charge in [-0.2, -0.15) is 0 Å². The second-order valence-corrected chi connectivity index (χ2v) is 10.7. The van der Waals surface area contributed by atoms with Crippen LogP contribution in [-0.4, -0.2) is 10.7 Å². The number of hydrogen-bond donors (Lipinski definition) is 1. The molecule has 1 aromatic heterocycles. The van der Waals surface area contributed by atoms with Crippen LogP contribution < -0.4 is 5.73 Å². The van der Waals surface area contributed by atoms with Gasteiger partial charge in [0.05, 0.1) is 22.5 Å². The van der Waals surface area contributed by atoms with Crippen LogP contribution in [0.3, 0.4) is 0 Å². The van der Waals surface area contributed by atoms with Gasteiger partial charge in [-0.05, 0) is 33.9 Å². The molecule has 0 unspecified atom stereocenters. The molecule has 6 aromatic carbocycles. The summed E-state index contributed by atoms with van der Waals surface area (Å²) in [7, 11) is 0. The van der Waals surface area contributed by atoms with Crippen LogP contribution in [0.5, 0.6) is 0 Å². The molecule has 39 heavy (non-hydrogen) atoms. The van der Waals surface area contributed by atoms with Crippen molar-refractivity contribution < 1.29 is 0 Å². The van der Waals surface area contributed by atoms with Crippen molar-refractivity contribution in [1.82, 2.24) is 4.98 Å². The van der Waals surface area contributed by atoms with Gasteiger partial charge in [0.25, 0.3) is 0 Å². The fraction of sp³-hybridized carbons (Fsp3) is 0.0286. The van der Waals surface area contributed by atoms with Crippen LogP contribution in [0.25, 0.3) is 42.3 Å². The standard InChI is InChI=1S/C35H25N3S/c36-33-28-12-4-2-9-25(28)20-21-30(33)34(29-13-7-10-24-8-1-3-11-27(24)29)37-22-23-16-18-26(19-17-23)35-38-31-14-5-6-15-32(31)39-35/h1-21H,22,36H2. The summed E-state index contributed by atoms with van der Waals surface area (Å²) in [5.74, 6) is 0. The van der Waals surface area contributed by atoms with Crippen molar-refractivity contribution in [2.24, 2.45) is 4.99 Å². The lowest BCUT2D eigenvalue weighted by atomic mass is 9.93. The zero-order valence-electron chi connectivity index (χ0n) is 21.2. The van der Waals surface area contributed by atoms with Crippen molar-refractivity contribution in [3.63, 3.8) is 0 Å². The van der Waals surface area contributed by atoms with Crippen LogP contribution in [0.4, 0.5) is 5.69 Å². The molecule has 0 aliphatic rings. The van der Waals surface area contributed by atoms with E-state index in [1.807, 2.05) is 18.2 Å². The topological polar surface area (TPSA) is 51.3 Å². The van der Waals surface area contributed by atoms with Crippen molar-refractivity contribution in [2.45, 2.75) is 6.54 Å². The van der Waals surface area contributed by atoms with Crippen molar-refractivity contribution in [2.75, 3.05) is 5.73 Å². The highest BCUT2D eigenvalue weighted by Gasteiger charge is 2.15. The molecule has 0 saturated heterocycles. The summed E-state index contributed by atoms with van der Waals surface area (Å²) in [5, 5.41) is 5.55. The highest BCUT2D eigenvalue weighted by Crippen LogP contribution is 2.32. The van der Waals surface area contributed by atoms with Gasteiger partial charge in [0.15, 0.2) is 0 Å². The fourth-order valence-electron chi connectivity index (χ4n) is 5.17. The second kappa shape index (κ2) is 9.82. The number of fused-ring (bicyclic) bond motifs is 3. The molecule has 0 fully saturated rings. The highest BCUT2D eigenvalue weighted by atomic mass is 32.1. The number of para-hydroxylation sites is 1. The first kappa shape index (κ1) is 23.3. The van der Waals surface area contributed by atoms with E-state index in [1.165, 1.54) is 10.1 Å². The number of nitrogens with two attached hydrogens (primary N) is 1. The Morgan fingerprint density at radius 3 is 2.15 bits per heavy atom. The molecule has 4 heteroatoms. The fourth-order valence-corrected chi connectivity index (χ4v) is 6.14. The molecule has 3 nitrogen and oxygen atoms in total. The van der Waals surface area contributed by atoms with E-state index in [9.17, 15) is 0 Å². The number of thiazole rings is 1. The van der Waals surface area contributed by atoms with Crippen LogP contribution in [-0.2, 0) is 6.54 Å². The molecular formula is C35H25N3S. The third kappa shape index (κ3) is 4.35. The number of anilines is 1. The smallest absolute Gasteiger partial charge is 0.124 e. The van der Waals surface area contributed by atoms with Gasteiger partial charge in [0.1, 0.15) is 5.01 Å². The van der Waals surface area contributed by atoms with Crippen LogP contribution in [0.2, 0.25) is 0 Å². The molecule has 0 saturated carbocycles. The van der Waals surface area contributed by atoms with Gasteiger partial charge in [0.2, 0.25) is 0 Å². The summed E-state index contributed by atoms with van der Waals surface area (Å²) >= 11 is 1.72. The Labute approximate surface area is 230 Å². The lowest BCUT2D eigenvalue weighted by molar-refractivity contribution is 1.07. The Hall–Kier alpha value is -4.80. The minimum Gasteiger partial charge on any atom is -0.398 e. The number of benzene rings is 6. The van der Waals surface area contributed by atoms with Gasteiger partial charge in [-0.15, -0.1) is 11.3 Å². The minimum absolute atomic E-state index is 0.547. The first-order valence-electron chi connectivity index (χ1n) is 13.0. The molecule has 0 radical (unpaired) electrons. The van der Waals surface area contributed by atoms with E-state index in [2.05, 4.69) is 109 Å². The van der Waals surface area contributed by atoms with E-state index in [0.717, 1.165) is 60.3 Å². The average Bonchev–Trinajstić information content (AvgIpc) is 3.43. The summed E-state index contributed by atoms with van der Waals surface area (Å²) in [5.41, 5.74) is 13.8. The number of aliphatic imine (C=N–C) groups is 1. The lowest BCUT2D eigenvalue weighted by Crippen LogP contribution is -2.09. The SMILES string of the molecule is Nc1c(C(=NCc2ccc(-c3nc4ccccc4s3)cc2)c2cccc3ccccc23)ccc2ccccc12. The number of hydrogen-bond acceptors (Lipinski definition) is 4. The maximum absolute atomic E-state index is 6.80. The third-order valence-electron chi connectivity index (χ3n) is 7.19. The summed E-state index contributed by atoms with van der Waals surface area (Å²) < 4.78 is 1.20. The molecular weight excluding hydrogens is 494 g/mol. The van der Waals surface area contributed by atoms with Crippen molar-refractivity contribution in [1.29, 1.82) is 0 Å². The van der Waals surface area contributed by atoms with Crippen molar-refractivity contribution in [3.8, 4) is 10.6 Å². The first-order valence-corrected chi connectivity index (χ1v) is 13.8. The molecule has 2 N–H and O–H groups in total. The van der Waals surface area contributed by atoms with Crippen LogP contribution in [0.1, 0.15) is 16.7 Å². The Bertz CT molecular complexity index is 1960. The van der Waals surface area contributed by atoms with E-state index in [0.29, 0.717) is 6.54 Å². The van der Waals surface area contributed by atoms with Gasteiger partial charge >= 0.3 is 0 Å². The van der Waals surface area contributed by atoms with E-state index >= 15 is 0 Å². The van der Waals surface area contributed by atoms with Gasteiger partial charge in [-0.25, -0.2) is 4.98 Å².